The SMILES string of the molecule is Cc1ccc(C(=O)N2CC(c3cccc(Cl)c3)OCC2C)c(-n2cc([C@@H]3[C@@H](C)OC(C)(C)N3C(=O)OC(C)(C)C)nn2)c1. The van der Waals surface area contributed by atoms with E-state index in [9.17, 15) is 9.59 Å². The largest absolute Gasteiger partial charge is 0.444 e. The number of rotatable bonds is 4. The van der Waals surface area contributed by atoms with Crippen molar-refractivity contribution >= 4 is 23.6 Å². The van der Waals surface area contributed by atoms with Gasteiger partial charge in [0.1, 0.15) is 29.2 Å². The third kappa shape index (κ3) is 6.41. The lowest BCUT2D eigenvalue weighted by Gasteiger charge is -2.38. The second kappa shape index (κ2) is 11.6. The summed E-state index contributed by atoms with van der Waals surface area (Å²) in [4.78, 5) is 30.9. The van der Waals surface area contributed by atoms with Gasteiger partial charge in [0.05, 0.1) is 42.7 Å². The van der Waals surface area contributed by atoms with Gasteiger partial charge in [-0.25, -0.2) is 9.48 Å². The highest BCUT2D eigenvalue weighted by molar-refractivity contribution is 6.30. The third-order valence-electron chi connectivity index (χ3n) is 7.73. The van der Waals surface area contributed by atoms with Crippen LogP contribution in [-0.2, 0) is 14.2 Å². The monoisotopic (exact) mass is 609 g/mol. The Balaban J connectivity index is 1.46. The van der Waals surface area contributed by atoms with Crippen molar-refractivity contribution in [2.45, 2.75) is 91.0 Å². The molecule has 2 aliphatic heterocycles. The summed E-state index contributed by atoms with van der Waals surface area (Å²) in [5.41, 5.74) is 1.89. The zero-order valence-electron chi connectivity index (χ0n) is 26.0. The summed E-state index contributed by atoms with van der Waals surface area (Å²) in [6.07, 6.45) is 0.593. The number of morpholine rings is 1. The highest BCUT2D eigenvalue weighted by atomic mass is 35.5. The molecule has 11 heteroatoms. The Morgan fingerprint density at radius 2 is 1.86 bits per heavy atom. The van der Waals surface area contributed by atoms with Crippen LogP contribution in [0.3, 0.4) is 0 Å². The number of nitrogens with zero attached hydrogens (tertiary/aromatic N) is 5. The van der Waals surface area contributed by atoms with Gasteiger partial charge >= 0.3 is 6.09 Å². The van der Waals surface area contributed by atoms with Gasteiger partial charge in [0.15, 0.2) is 0 Å². The number of aryl methyl sites for hydroxylation is 1. The molecule has 2 saturated heterocycles. The number of halogens is 1. The van der Waals surface area contributed by atoms with Crippen LogP contribution >= 0.6 is 11.6 Å². The van der Waals surface area contributed by atoms with Gasteiger partial charge in [-0.1, -0.05) is 35.0 Å². The van der Waals surface area contributed by atoms with Gasteiger partial charge in [0, 0.05) is 5.02 Å². The molecule has 10 nitrogen and oxygen atoms in total. The Bertz CT molecular complexity index is 1520. The van der Waals surface area contributed by atoms with Crippen LogP contribution in [-0.4, -0.2) is 73.4 Å². The second-order valence-electron chi connectivity index (χ2n) is 12.9. The molecule has 2 amide bonds. The van der Waals surface area contributed by atoms with Crippen LogP contribution in [0.2, 0.25) is 5.02 Å². The van der Waals surface area contributed by atoms with E-state index in [1.54, 1.807) is 15.8 Å². The summed E-state index contributed by atoms with van der Waals surface area (Å²) >= 11 is 6.23. The Kier molecular flexibility index (Phi) is 8.32. The van der Waals surface area contributed by atoms with E-state index in [0.717, 1.165) is 11.1 Å². The highest BCUT2D eigenvalue weighted by Crippen LogP contribution is 2.42. The minimum absolute atomic E-state index is 0.135. The maximum Gasteiger partial charge on any atom is 0.413 e. The van der Waals surface area contributed by atoms with Gasteiger partial charge < -0.3 is 19.1 Å². The summed E-state index contributed by atoms with van der Waals surface area (Å²) < 4.78 is 19.6. The molecular weight excluding hydrogens is 570 g/mol. The van der Waals surface area contributed by atoms with Crippen molar-refractivity contribution in [3.63, 3.8) is 0 Å². The maximum absolute atomic E-state index is 14.1. The van der Waals surface area contributed by atoms with E-state index < -0.39 is 23.5 Å². The normalized spacial score (nSPS) is 23.8. The predicted molar refractivity (Wildman–Crippen MR) is 162 cm³/mol. The molecule has 0 spiro atoms. The molecule has 230 valence electrons. The lowest BCUT2D eigenvalue weighted by Crippen LogP contribution is -2.48. The molecule has 3 aromatic rings. The molecule has 2 fully saturated rings. The first-order valence-corrected chi connectivity index (χ1v) is 14.9. The van der Waals surface area contributed by atoms with Crippen LogP contribution in [0.5, 0.6) is 0 Å². The van der Waals surface area contributed by atoms with E-state index in [-0.39, 0.29) is 24.2 Å². The summed E-state index contributed by atoms with van der Waals surface area (Å²) in [7, 11) is 0. The van der Waals surface area contributed by atoms with Crippen LogP contribution < -0.4 is 0 Å². The fourth-order valence-corrected chi connectivity index (χ4v) is 5.98. The van der Waals surface area contributed by atoms with Gasteiger partial charge in [-0.2, -0.15) is 0 Å². The van der Waals surface area contributed by atoms with Gasteiger partial charge in [-0.15, -0.1) is 5.10 Å². The van der Waals surface area contributed by atoms with E-state index >= 15 is 0 Å². The molecule has 1 aromatic heterocycles. The average Bonchev–Trinajstić information content (AvgIpc) is 3.48. The molecule has 3 heterocycles. The minimum Gasteiger partial charge on any atom is -0.444 e. The first-order valence-electron chi connectivity index (χ1n) is 14.6. The van der Waals surface area contributed by atoms with Crippen LogP contribution in [0.15, 0.2) is 48.7 Å². The van der Waals surface area contributed by atoms with Crippen molar-refractivity contribution in [3.8, 4) is 5.69 Å². The molecule has 0 radical (unpaired) electrons. The smallest absolute Gasteiger partial charge is 0.413 e. The molecule has 0 saturated carbocycles. The Morgan fingerprint density at radius 1 is 1.12 bits per heavy atom. The first-order chi connectivity index (χ1) is 20.1. The van der Waals surface area contributed by atoms with E-state index in [1.807, 2.05) is 103 Å². The van der Waals surface area contributed by atoms with Gasteiger partial charge in [0.2, 0.25) is 0 Å². The highest BCUT2D eigenvalue weighted by Gasteiger charge is 2.51. The Labute approximate surface area is 257 Å². The van der Waals surface area contributed by atoms with Crippen molar-refractivity contribution in [3.05, 3.63) is 76.1 Å². The molecule has 0 N–H and O–H groups in total. The van der Waals surface area contributed by atoms with E-state index in [0.29, 0.717) is 35.1 Å². The molecule has 4 atom stereocenters. The maximum atomic E-state index is 14.1. The number of hydrogen-bond donors (Lipinski definition) is 0. The molecule has 0 aliphatic carbocycles. The summed E-state index contributed by atoms with van der Waals surface area (Å²) in [6.45, 7) is 15.7. The molecular formula is C32H40ClN5O5. The van der Waals surface area contributed by atoms with E-state index in [2.05, 4.69) is 10.3 Å². The summed E-state index contributed by atoms with van der Waals surface area (Å²) in [6, 6.07) is 12.5. The van der Waals surface area contributed by atoms with Crippen molar-refractivity contribution in [2.24, 2.45) is 0 Å². The Hall–Kier alpha value is -3.47. The summed E-state index contributed by atoms with van der Waals surface area (Å²) in [5.74, 6) is -0.135. The number of benzene rings is 2. The van der Waals surface area contributed by atoms with Gasteiger partial charge in [-0.05, 0) is 90.8 Å². The number of ether oxygens (including phenoxy) is 3. The molecule has 2 unspecified atom stereocenters. The summed E-state index contributed by atoms with van der Waals surface area (Å²) in [5, 5.41) is 9.51. The molecule has 43 heavy (non-hydrogen) atoms. The fraction of sp³-hybridized carbons (Fsp3) is 0.500. The van der Waals surface area contributed by atoms with Crippen LogP contribution in [0, 0.1) is 6.92 Å². The predicted octanol–water partition coefficient (Wildman–Crippen LogP) is 6.26. The minimum atomic E-state index is -0.924. The number of hydrogen-bond acceptors (Lipinski definition) is 7. The van der Waals surface area contributed by atoms with Crippen molar-refractivity contribution < 1.29 is 23.8 Å². The average molecular weight is 610 g/mol. The standard InChI is InChI=1S/C32H40ClN5O5/c1-19-12-13-24(29(39)36-17-27(41-18-20(36)2)22-10-9-11-23(33)15-22)26(14-19)37-16-25(34-35-37)28-21(3)42-32(7,8)38(28)30(40)43-31(4,5)6/h9-16,20-21,27-28H,17-18H2,1-8H3/t20?,21-,27?,28+/m1/s1. The topological polar surface area (TPSA) is 99.0 Å². The molecule has 2 aliphatic rings. The number of aromatic nitrogens is 3. The van der Waals surface area contributed by atoms with Crippen LogP contribution in [0.4, 0.5) is 4.79 Å². The van der Waals surface area contributed by atoms with Gasteiger partial charge in [0.25, 0.3) is 5.91 Å². The molecule has 0 bridgehead atoms. The first kappa shape index (κ1) is 31.0. The third-order valence-corrected chi connectivity index (χ3v) is 7.96. The second-order valence-corrected chi connectivity index (χ2v) is 13.3. The Morgan fingerprint density at radius 3 is 2.56 bits per heavy atom. The number of carbonyl (C=O) groups is 2. The number of carbonyl (C=O) groups excluding carboxylic acids is 2. The van der Waals surface area contributed by atoms with Gasteiger partial charge in [-0.3, -0.25) is 9.69 Å². The lowest BCUT2D eigenvalue weighted by molar-refractivity contribution is -0.0757. The fourth-order valence-electron chi connectivity index (χ4n) is 5.78. The van der Waals surface area contributed by atoms with Crippen LogP contribution in [0.1, 0.15) is 87.8 Å². The van der Waals surface area contributed by atoms with Crippen molar-refractivity contribution in [1.29, 1.82) is 0 Å². The van der Waals surface area contributed by atoms with E-state index in [1.165, 1.54) is 0 Å². The van der Waals surface area contributed by atoms with Crippen molar-refractivity contribution in [1.82, 2.24) is 24.8 Å². The van der Waals surface area contributed by atoms with Crippen molar-refractivity contribution in [2.75, 3.05) is 13.2 Å². The zero-order chi connectivity index (χ0) is 31.3. The lowest BCUT2D eigenvalue weighted by atomic mass is 10.0. The van der Waals surface area contributed by atoms with E-state index in [4.69, 9.17) is 25.8 Å². The zero-order valence-corrected chi connectivity index (χ0v) is 26.8. The molecule has 2 aromatic carbocycles. The molecule has 5 rings (SSSR count). The quantitative estimate of drug-likeness (QED) is 0.344. The van der Waals surface area contributed by atoms with Crippen LogP contribution in [0.25, 0.3) is 5.69 Å². The number of amides is 2.